The molecule has 5 heteroatoms. The van der Waals surface area contributed by atoms with Crippen molar-refractivity contribution in [2.24, 2.45) is 0 Å². The van der Waals surface area contributed by atoms with Crippen molar-refractivity contribution in [3.05, 3.63) is 11.8 Å². The van der Waals surface area contributed by atoms with Gasteiger partial charge in [0, 0.05) is 6.54 Å². The van der Waals surface area contributed by atoms with Gasteiger partial charge < -0.3 is 14.4 Å². The third-order valence-corrected chi connectivity index (χ3v) is 1.92. The first-order valence-electron chi connectivity index (χ1n) is 5.01. The summed E-state index contributed by atoms with van der Waals surface area (Å²) in [6.45, 7) is 6.03. The van der Waals surface area contributed by atoms with Gasteiger partial charge in [0.25, 0.3) is 0 Å². The van der Waals surface area contributed by atoms with Crippen molar-refractivity contribution in [1.29, 1.82) is 0 Å². The normalized spacial score (nSPS) is 15.9. The smallest absolute Gasteiger partial charge is 0.397 e. The second-order valence-electron chi connectivity index (χ2n) is 4.53. The van der Waals surface area contributed by atoms with E-state index in [9.17, 15) is 9.59 Å². The molecular formula is C11H16NO3Rf-. The van der Waals surface area contributed by atoms with Crippen molar-refractivity contribution >= 4 is 12.4 Å². The van der Waals surface area contributed by atoms with Gasteiger partial charge in [-0.25, -0.2) is 4.79 Å². The zero-order valence-corrected chi connectivity index (χ0v) is 16.5. The summed E-state index contributed by atoms with van der Waals surface area (Å²) < 4.78 is 5.18. The summed E-state index contributed by atoms with van der Waals surface area (Å²) in [5, 5.41) is 0. The van der Waals surface area contributed by atoms with Crippen molar-refractivity contribution in [1.82, 2.24) is 4.90 Å². The fraction of sp³-hybridized carbons (Fsp3) is 0.636. The monoisotopic (exact) mass is 477 g/mol. The number of hydrogen-bond donors (Lipinski definition) is 0. The molecular weight excluding hydrogens is 461 g/mol. The average molecular weight is 477 g/mol. The van der Waals surface area contributed by atoms with Crippen LogP contribution in [0.5, 0.6) is 0 Å². The number of carbonyl (C=O) groups excluding carboxylic acids is 2. The van der Waals surface area contributed by atoms with Crippen LogP contribution >= 0.6 is 0 Å². The summed E-state index contributed by atoms with van der Waals surface area (Å²) in [4.78, 5) is 23.5. The fourth-order valence-corrected chi connectivity index (χ4v) is 1.30. The Morgan fingerprint density at radius 3 is 2.62 bits per heavy atom. The molecule has 0 spiro atoms. The van der Waals surface area contributed by atoms with Gasteiger partial charge >= 0.3 is 6.09 Å². The molecule has 0 aliphatic carbocycles. The van der Waals surface area contributed by atoms with Crippen LogP contribution in [0.4, 0.5) is 4.79 Å². The van der Waals surface area contributed by atoms with Crippen LogP contribution in [-0.2, 0) is 9.53 Å². The summed E-state index contributed by atoms with van der Waals surface area (Å²) in [6.07, 6.45) is 4.39. The van der Waals surface area contributed by atoms with E-state index < -0.39 is 11.7 Å². The minimum atomic E-state index is -0.507. The van der Waals surface area contributed by atoms with Crippen molar-refractivity contribution in [3.63, 3.8) is 0 Å². The number of hydrogen-bond acceptors (Lipinski definition) is 3. The summed E-state index contributed by atoms with van der Waals surface area (Å²) in [5.41, 5.74) is 0.0140. The minimum absolute atomic E-state index is 0. The summed E-state index contributed by atoms with van der Waals surface area (Å²) >= 11 is 0. The molecule has 86 valence electrons. The third kappa shape index (κ3) is 3.82. The van der Waals surface area contributed by atoms with E-state index in [0.29, 0.717) is 18.5 Å². The summed E-state index contributed by atoms with van der Waals surface area (Å²) in [6, 6.07) is 0. The number of amides is 1. The Bertz CT molecular complexity index is 294. The van der Waals surface area contributed by atoms with Crippen LogP contribution in [0, 0.1) is 0 Å². The summed E-state index contributed by atoms with van der Waals surface area (Å²) in [7, 11) is 0. The summed E-state index contributed by atoms with van der Waals surface area (Å²) in [5.74, 6) is 0. The Labute approximate surface area is 89.9 Å². The second-order valence-corrected chi connectivity index (χ2v) is 4.53. The molecule has 1 rings (SSSR count). The van der Waals surface area contributed by atoms with Gasteiger partial charge in [0.2, 0.25) is 0 Å². The molecule has 0 aromatic rings. The molecule has 16 heavy (non-hydrogen) atoms. The Kier molecular flexibility index (Phi) is 4.24. The SMILES string of the molecule is CC(C)(C)OC(=O)N1C=C([C-]=O)CCC1.[Rf]. The van der Waals surface area contributed by atoms with Crippen LogP contribution in [0.1, 0.15) is 33.6 Å². The maximum Gasteiger partial charge on any atom is 0.397 e. The molecule has 0 unspecified atom stereocenters. The number of nitrogens with zero attached hydrogens (tertiary/aromatic N) is 1. The quantitative estimate of drug-likeness (QED) is 0.544. The molecule has 0 bridgehead atoms. The zero-order valence-electron chi connectivity index (χ0n) is 10.1. The maximum atomic E-state index is 11.6. The molecule has 4 nitrogen and oxygen atoms in total. The van der Waals surface area contributed by atoms with Crippen LogP contribution in [0.3, 0.4) is 0 Å². The second kappa shape index (κ2) is 4.96. The molecule has 1 heterocycles. The van der Waals surface area contributed by atoms with Crippen LogP contribution in [0.15, 0.2) is 11.8 Å². The predicted molar refractivity (Wildman–Crippen MR) is 56.0 cm³/mol. The number of rotatable bonds is 1. The molecule has 0 radical (unpaired) electrons. The third-order valence-electron chi connectivity index (χ3n) is 1.92. The largest absolute Gasteiger partial charge is 0.444 e. The van der Waals surface area contributed by atoms with E-state index in [1.54, 1.807) is 0 Å². The van der Waals surface area contributed by atoms with E-state index in [0.717, 1.165) is 6.42 Å². The molecule has 1 amide bonds. The van der Waals surface area contributed by atoms with E-state index in [1.165, 1.54) is 11.1 Å². The molecule has 0 fully saturated rings. The molecule has 0 N–H and O–H groups in total. The van der Waals surface area contributed by atoms with Gasteiger partial charge in [-0.05, 0) is 33.5 Å². The van der Waals surface area contributed by atoms with Gasteiger partial charge in [0.1, 0.15) is 5.60 Å². The van der Waals surface area contributed by atoms with Gasteiger partial charge in [-0.2, -0.15) is 5.57 Å². The molecule has 1 aliphatic heterocycles. The van der Waals surface area contributed by atoms with Crippen LogP contribution in [0.25, 0.3) is 0 Å². The molecule has 1 aliphatic rings. The molecule has 0 aromatic carbocycles. The molecule has 0 saturated heterocycles. The molecule has 0 saturated carbocycles. The number of ether oxygens (including phenoxy) is 1. The standard InChI is InChI=1S/C11H16NO3.Rf/c1-11(2,3)15-10(14)12-6-4-5-9(7-12)8-13;/h7H,4-6H2,1-3H3;/q-1;. The minimum Gasteiger partial charge on any atom is -0.444 e. The Morgan fingerprint density at radius 2 is 2.12 bits per heavy atom. The van der Waals surface area contributed by atoms with Crippen LogP contribution in [-0.4, -0.2) is 29.4 Å². The molecule has 0 aromatic heterocycles. The van der Waals surface area contributed by atoms with Gasteiger partial charge in [0.15, 0.2) is 0 Å². The van der Waals surface area contributed by atoms with E-state index in [2.05, 4.69) is 0 Å². The van der Waals surface area contributed by atoms with E-state index in [4.69, 9.17) is 4.74 Å². The van der Waals surface area contributed by atoms with Crippen LogP contribution in [0.2, 0.25) is 0 Å². The fourth-order valence-electron chi connectivity index (χ4n) is 1.30. The van der Waals surface area contributed by atoms with E-state index in [1.807, 2.05) is 27.1 Å². The Morgan fingerprint density at radius 1 is 1.50 bits per heavy atom. The Balaban J connectivity index is 0.00000225. The van der Waals surface area contributed by atoms with Gasteiger partial charge in [0.05, 0.1) is 0 Å². The van der Waals surface area contributed by atoms with Gasteiger partial charge in [-0.3, -0.25) is 0 Å². The van der Waals surface area contributed by atoms with Crippen molar-refractivity contribution < 1.29 is 14.3 Å². The van der Waals surface area contributed by atoms with Crippen molar-refractivity contribution in [2.45, 2.75) is 39.2 Å². The Hall–Kier alpha value is -2.32. The van der Waals surface area contributed by atoms with Crippen LogP contribution < -0.4 is 0 Å². The average Bonchev–Trinajstić information content (AvgIpc) is 2.15. The van der Waals surface area contributed by atoms with Gasteiger partial charge in [-0.1, -0.05) is 6.42 Å². The number of allylic oxidation sites excluding steroid dienone is 1. The van der Waals surface area contributed by atoms with E-state index >= 15 is 0 Å². The maximum absolute atomic E-state index is 11.6. The van der Waals surface area contributed by atoms with Crippen molar-refractivity contribution in [3.8, 4) is 0 Å². The first-order valence-corrected chi connectivity index (χ1v) is 5.01. The van der Waals surface area contributed by atoms with Gasteiger partial charge in [-0.15, -0.1) is 6.20 Å². The predicted octanol–water partition coefficient (Wildman–Crippen LogP) is 2.01. The topological polar surface area (TPSA) is 46.6 Å². The first-order chi connectivity index (χ1) is 6.92. The van der Waals surface area contributed by atoms with Crippen molar-refractivity contribution in [2.75, 3.05) is 6.54 Å². The van der Waals surface area contributed by atoms with E-state index in [-0.39, 0.29) is 0 Å². The molecule has 0 atom stereocenters. The first kappa shape index (κ1) is 13.7. The number of carbonyl (C=O) groups is 1. The zero-order chi connectivity index (χ0) is 11.5.